The van der Waals surface area contributed by atoms with Crippen LogP contribution in [-0.2, 0) is 0 Å². The number of aliphatic imine (C=N–C) groups is 1. The quantitative estimate of drug-likeness (QED) is 0.626. The van der Waals surface area contributed by atoms with Gasteiger partial charge in [0.15, 0.2) is 11.0 Å². The van der Waals surface area contributed by atoms with Crippen LogP contribution in [0.15, 0.2) is 4.99 Å². The number of nitrogens with zero attached hydrogens (tertiary/aromatic N) is 4. The van der Waals surface area contributed by atoms with Crippen LogP contribution in [0, 0.1) is 11.3 Å². The van der Waals surface area contributed by atoms with E-state index in [4.69, 9.17) is 11.0 Å². The van der Waals surface area contributed by atoms with Crippen molar-refractivity contribution in [3.8, 4) is 6.07 Å². The van der Waals surface area contributed by atoms with Crippen molar-refractivity contribution in [2.45, 2.75) is 19.8 Å². The molecule has 5 nitrogen and oxygen atoms in total. The second-order valence-electron chi connectivity index (χ2n) is 3.88. The van der Waals surface area contributed by atoms with Crippen molar-refractivity contribution in [3.05, 3.63) is 11.3 Å². The molecule has 16 heavy (non-hydrogen) atoms. The van der Waals surface area contributed by atoms with Crippen LogP contribution in [0.4, 0.5) is 5.00 Å². The SMILES string of the molecule is CC(C)c1nsc(/N=C(\N)N(C)C)c1C#N. The molecule has 0 amide bonds. The molecule has 2 N–H and O–H groups in total. The molecule has 0 bridgehead atoms. The summed E-state index contributed by atoms with van der Waals surface area (Å²) in [6.07, 6.45) is 0. The standard InChI is InChI=1S/C10H15N5S/c1-6(2)8-7(5-11)9(16-14-8)13-10(12)15(3)4/h6H,1-4H3,(H2,12,13). The molecular formula is C10H15N5S. The van der Waals surface area contributed by atoms with E-state index in [9.17, 15) is 0 Å². The molecule has 0 aliphatic carbocycles. The summed E-state index contributed by atoms with van der Waals surface area (Å²) in [5, 5.41) is 9.66. The number of hydrogen-bond donors (Lipinski definition) is 1. The summed E-state index contributed by atoms with van der Waals surface area (Å²) in [6, 6.07) is 2.14. The number of hydrogen-bond acceptors (Lipinski definition) is 4. The molecule has 0 unspecified atom stereocenters. The zero-order chi connectivity index (χ0) is 12.3. The van der Waals surface area contributed by atoms with Gasteiger partial charge in [0, 0.05) is 14.1 Å². The normalized spacial score (nSPS) is 11.6. The Morgan fingerprint density at radius 1 is 1.56 bits per heavy atom. The van der Waals surface area contributed by atoms with Crippen LogP contribution in [0.1, 0.15) is 31.0 Å². The Hall–Kier alpha value is -1.61. The lowest BCUT2D eigenvalue weighted by Gasteiger charge is -2.09. The smallest absolute Gasteiger partial charge is 0.196 e. The van der Waals surface area contributed by atoms with Crippen molar-refractivity contribution in [2.75, 3.05) is 14.1 Å². The van der Waals surface area contributed by atoms with Gasteiger partial charge in [-0.05, 0) is 17.5 Å². The molecule has 0 saturated carbocycles. The van der Waals surface area contributed by atoms with E-state index in [2.05, 4.69) is 15.4 Å². The summed E-state index contributed by atoms with van der Waals surface area (Å²) in [4.78, 5) is 5.88. The molecule has 6 heteroatoms. The highest BCUT2D eigenvalue weighted by molar-refractivity contribution is 7.10. The van der Waals surface area contributed by atoms with Crippen LogP contribution in [-0.4, -0.2) is 29.3 Å². The van der Waals surface area contributed by atoms with Gasteiger partial charge in [-0.15, -0.1) is 0 Å². The molecule has 0 aromatic carbocycles. The molecule has 0 saturated heterocycles. The van der Waals surface area contributed by atoms with E-state index < -0.39 is 0 Å². The molecule has 1 aromatic rings. The summed E-state index contributed by atoms with van der Waals surface area (Å²) in [5.41, 5.74) is 7.02. The van der Waals surface area contributed by atoms with E-state index in [0.29, 0.717) is 16.5 Å². The van der Waals surface area contributed by atoms with Crippen molar-refractivity contribution in [1.29, 1.82) is 5.26 Å². The van der Waals surface area contributed by atoms with Gasteiger partial charge in [-0.2, -0.15) is 9.64 Å². The van der Waals surface area contributed by atoms with Crippen molar-refractivity contribution in [3.63, 3.8) is 0 Å². The third kappa shape index (κ3) is 2.49. The minimum Gasteiger partial charge on any atom is -0.369 e. The topological polar surface area (TPSA) is 78.3 Å². The molecule has 1 rings (SSSR count). The predicted octanol–water partition coefficient (Wildman–Crippen LogP) is 1.65. The fourth-order valence-corrected chi connectivity index (χ4v) is 1.94. The van der Waals surface area contributed by atoms with E-state index in [-0.39, 0.29) is 5.92 Å². The van der Waals surface area contributed by atoms with Crippen molar-refractivity contribution in [2.24, 2.45) is 10.7 Å². The minimum absolute atomic E-state index is 0.218. The lowest BCUT2D eigenvalue weighted by atomic mass is 10.1. The van der Waals surface area contributed by atoms with Crippen molar-refractivity contribution >= 4 is 22.5 Å². The number of guanidine groups is 1. The Labute approximate surface area is 99.4 Å². The third-order valence-electron chi connectivity index (χ3n) is 2.03. The maximum Gasteiger partial charge on any atom is 0.196 e. The maximum atomic E-state index is 9.08. The van der Waals surface area contributed by atoms with E-state index >= 15 is 0 Å². The summed E-state index contributed by atoms with van der Waals surface area (Å²) in [5.74, 6) is 0.589. The van der Waals surface area contributed by atoms with Crippen LogP contribution < -0.4 is 5.73 Å². The first-order valence-electron chi connectivity index (χ1n) is 4.88. The van der Waals surface area contributed by atoms with Gasteiger partial charge in [0.25, 0.3) is 0 Å². The van der Waals surface area contributed by atoms with Crippen LogP contribution in [0.5, 0.6) is 0 Å². The van der Waals surface area contributed by atoms with Crippen LogP contribution in [0.25, 0.3) is 0 Å². The first-order chi connectivity index (χ1) is 7.47. The van der Waals surface area contributed by atoms with Gasteiger partial charge in [0.05, 0.1) is 5.69 Å². The number of rotatable bonds is 2. The maximum absolute atomic E-state index is 9.08. The number of nitrogens with two attached hydrogens (primary N) is 1. The Morgan fingerprint density at radius 3 is 2.62 bits per heavy atom. The average Bonchev–Trinajstić information content (AvgIpc) is 2.60. The summed E-state index contributed by atoms with van der Waals surface area (Å²) >= 11 is 1.21. The second kappa shape index (κ2) is 4.94. The lowest BCUT2D eigenvalue weighted by Crippen LogP contribution is -2.29. The first-order valence-corrected chi connectivity index (χ1v) is 5.65. The Morgan fingerprint density at radius 2 is 2.19 bits per heavy atom. The molecule has 0 fully saturated rings. The summed E-state index contributed by atoms with van der Waals surface area (Å²) in [6.45, 7) is 4.00. The largest absolute Gasteiger partial charge is 0.369 e. The van der Waals surface area contributed by atoms with Crippen molar-refractivity contribution < 1.29 is 0 Å². The molecule has 1 heterocycles. The zero-order valence-corrected chi connectivity index (χ0v) is 10.7. The van der Waals surface area contributed by atoms with Crippen LogP contribution in [0.2, 0.25) is 0 Å². The molecule has 0 radical (unpaired) electrons. The van der Waals surface area contributed by atoms with E-state index in [0.717, 1.165) is 5.69 Å². The molecule has 86 valence electrons. The highest BCUT2D eigenvalue weighted by atomic mass is 32.1. The number of nitriles is 1. The van der Waals surface area contributed by atoms with Crippen molar-refractivity contribution in [1.82, 2.24) is 9.27 Å². The van der Waals surface area contributed by atoms with Gasteiger partial charge in [0.1, 0.15) is 11.6 Å². The van der Waals surface area contributed by atoms with Gasteiger partial charge in [-0.25, -0.2) is 4.99 Å². The molecule has 1 aromatic heterocycles. The Balaban J connectivity index is 3.18. The highest BCUT2D eigenvalue weighted by Gasteiger charge is 2.16. The highest BCUT2D eigenvalue weighted by Crippen LogP contribution is 2.31. The molecule has 0 aliphatic rings. The number of aromatic nitrogens is 1. The van der Waals surface area contributed by atoms with E-state index in [1.165, 1.54) is 11.5 Å². The van der Waals surface area contributed by atoms with E-state index in [1.54, 1.807) is 19.0 Å². The monoisotopic (exact) mass is 237 g/mol. The van der Waals surface area contributed by atoms with Gasteiger partial charge in [0.2, 0.25) is 0 Å². The second-order valence-corrected chi connectivity index (χ2v) is 4.63. The molecule has 0 spiro atoms. The zero-order valence-electron chi connectivity index (χ0n) is 9.85. The van der Waals surface area contributed by atoms with Gasteiger partial charge < -0.3 is 10.6 Å². The molecule has 0 atom stereocenters. The first kappa shape index (κ1) is 12.5. The lowest BCUT2D eigenvalue weighted by molar-refractivity contribution is 0.615. The summed E-state index contributed by atoms with van der Waals surface area (Å²) in [7, 11) is 3.60. The summed E-state index contributed by atoms with van der Waals surface area (Å²) < 4.78 is 4.24. The van der Waals surface area contributed by atoms with Gasteiger partial charge in [-0.1, -0.05) is 13.8 Å². The van der Waals surface area contributed by atoms with E-state index in [1.807, 2.05) is 13.8 Å². The van der Waals surface area contributed by atoms with Crippen LogP contribution in [0.3, 0.4) is 0 Å². The van der Waals surface area contributed by atoms with Gasteiger partial charge in [-0.3, -0.25) is 0 Å². The Bertz CT molecular complexity index is 439. The predicted molar refractivity (Wildman–Crippen MR) is 65.9 cm³/mol. The molecular weight excluding hydrogens is 222 g/mol. The van der Waals surface area contributed by atoms with Gasteiger partial charge >= 0.3 is 0 Å². The fraction of sp³-hybridized carbons (Fsp3) is 0.500. The third-order valence-corrected chi connectivity index (χ3v) is 2.79. The fourth-order valence-electron chi connectivity index (χ4n) is 1.07. The molecule has 0 aliphatic heterocycles. The Kier molecular flexibility index (Phi) is 3.85. The van der Waals surface area contributed by atoms with Crippen LogP contribution >= 0.6 is 11.5 Å². The average molecular weight is 237 g/mol. The minimum atomic E-state index is 0.218.